The van der Waals surface area contributed by atoms with E-state index in [1.165, 1.54) is 24.1 Å². The van der Waals surface area contributed by atoms with Crippen LogP contribution >= 0.6 is 11.6 Å². The van der Waals surface area contributed by atoms with Crippen LogP contribution in [0.3, 0.4) is 0 Å². The number of carbonyl (C=O) groups excluding carboxylic acids is 2. The Labute approximate surface area is 164 Å². The van der Waals surface area contributed by atoms with E-state index < -0.39 is 0 Å². The zero-order valence-electron chi connectivity index (χ0n) is 15.4. The van der Waals surface area contributed by atoms with Crippen LogP contribution < -0.4 is 5.32 Å². The lowest BCUT2D eigenvalue weighted by atomic mass is 9.85. The lowest BCUT2D eigenvalue weighted by Crippen LogP contribution is -2.53. The van der Waals surface area contributed by atoms with Crippen molar-refractivity contribution < 1.29 is 14.0 Å². The molecule has 2 amide bonds. The molecule has 27 heavy (non-hydrogen) atoms. The number of nitrogens with zero attached hydrogens (tertiary/aromatic N) is 1. The molecule has 1 N–H and O–H groups in total. The fourth-order valence-corrected chi connectivity index (χ4v) is 4.13. The van der Waals surface area contributed by atoms with Gasteiger partial charge in [-0.05, 0) is 49.8 Å². The monoisotopic (exact) mass is 392 g/mol. The Morgan fingerprint density at radius 1 is 1.22 bits per heavy atom. The van der Waals surface area contributed by atoms with Crippen molar-refractivity contribution in [2.75, 3.05) is 19.0 Å². The van der Waals surface area contributed by atoms with Gasteiger partial charge in [0.25, 0.3) is 0 Å². The molecule has 1 aromatic carbocycles. The molecule has 1 aromatic rings. The molecule has 0 spiro atoms. The first-order chi connectivity index (χ1) is 13.1. The highest BCUT2D eigenvalue weighted by Crippen LogP contribution is 2.30. The van der Waals surface area contributed by atoms with Crippen LogP contribution in [0.4, 0.5) is 4.39 Å². The number of piperidine rings is 1. The second-order valence-corrected chi connectivity index (χ2v) is 7.65. The minimum atomic E-state index is -0.284. The van der Waals surface area contributed by atoms with Crippen LogP contribution in [0.15, 0.2) is 35.9 Å². The van der Waals surface area contributed by atoms with Crippen LogP contribution in [-0.2, 0) is 9.59 Å². The van der Waals surface area contributed by atoms with Crippen molar-refractivity contribution >= 4 is 23.4 Å². The highest BCUT2D eigenvalue weighted by Gasteiger charge is 2.33. The molecule has 2 atom stereocenters. The van der Waals surface area contributed by atoms with E-state index in [1.807, 2.05) is 4.90 Å². The molecule has 1 saturated heterocycles. The smallest absolute Gasteiger partial charge is 0.235 e. The molecule has 3 rings (SSSR count). The molecule has 1 aliphatic heterocycles. The summed E-state index contributed by atoms with van der Waals surface area (Å²) in [5.74, 6) is -0.499. The number of rotatable bonds is 5. The third-order valence-electron chi connectivity index (χ3n) is 5.49. The van der Waals surface area contributed by atoms with Gasteiger partial charge in [-0.25, -0.2) is 4.39 Å². The molecule has 2 aliphatic rings. The number of carbonyl (C=O) groups is 2. The van der Waals surface area contributed by atoms with E-state index in [0.717, 1.165) is 31.2 Å². The molecule has 0 radical (unpaired) electrons. The Hall–Kier alpha value is -1.88. The maximum Gasteiger partial charge on any atom is 0.235 e. The number of hydrogen-bond donors (Lipinski definition) is 1. The minimum absolute atomic E-state index is 0.0377. The van der Waals surface area contributed by atoms with Gasteiger partial charge in [0.2, 0.25) is 11.8 Å². The molecule has 4 nitrogen and oxygen atoms in total. The molecule has 0 bridgehead atoms. The van der Waals surface area contributed by atoms with Crippen LogP contribution in [0.5, 0.6) is 0 Å². The number of amides is 2. The van der Waals surface area contributed by atoms with E-state index in [2.05, 4.69) is 11.4 Å². The van der Waals surface area contributed by atoms with Crippen molar-refractivity contribution in [3.63, 3.8) is 0 Å². The first-order valence-corrected chi connectivity index (χ1v) is 10.2. The Morgan fingerprint density at radius 2 is 2.00 bits per heavy atom. The van der Waals surface area contributed by atoms with Crippen molar-refractivity contribution in [2.45, 2.75) is 50.5 Å². The van der Waals surface area contributed by atoms with Crippen LogP contribution in [0.25, 0.3) is 0 Å². The molecule has 1 heterocycles. The molecule has 146 valence electrons. The van der Waals surface area contributed by atoms with Gasteiger partial charge >= 0.3 is 0 Å². The van der Waals surface area contributed by atoms with Crippen molar-refractivity contribution in [1.29, 1.82) is 0 Å². The largest absolute Gasteiger partial charge is 0.350 e. The molecular formula is C21H26ClFN2O2. The predicted octanol–water partition coefficient (Wildman–Crippen LogP) is 3.76. The predicted molar refractivity (Wildman–Crippen MR) is 104 cm³/mol. The van der Waals surface area contributed by atoms with E-state index in [-0.39, 0.29) is 35.5 Å². The lowest BCUT2D eigenvalue weighted by Gasteiger charge is -2.39. The summed E-state index contributed by atoms with van der Waals surface area (Å²) in [6.45, 7) is 1.10. The second-order valence-electron chi connectivity index (χ2n) is 7.38. The summed E-state index contributed by atoms with van der Waals surface area (Å²) in [6, 6.07) is 6.15. The van der Waals surface area contributed by atoms with Crippen LogP contribution in [0, 0.1) is 5.82 Å². The number of halogens is 2. The van der Waals surface area contributed by atoms with Gasteiger partial charge in [0, 0.05) is 25.4 Å². The van der Waals surface area contributed by atoms with Gasteiger partial charge in [0.1, 0.15) is 11.7 Å². The molecule has 0 unspecified atom stereocenters. The Morgan fingerprint density at radius 3 is 2.67 bits per heavy atom. The van der Waals surface area contributed by atoms with Crippen molar-refractivity contribution in [2.24, 2.45) is 0 Å². The van der Waals surface area contributed by atoms with Gasteiger partial charge in [-0.1, -0.05) is 23.8 Å². The SMILES string of the molecule is O=C(CCl)N[C@@H]1CN(C(=O)CC2=CCCCC2)CC[C@H]1c1ccc(F)cc1. The first-order valence-electron chi connectivity index (χ1n) is 9.63. The summed E-state index contributed by atoms with van der Waals surface area (Å²) in [5, 5.41) is 2.95. The number of nitrogens with one attached hydrogen (secondary N) is 1. The Kier molecular flexibility index (Phi) is 6.89. The molecule has 1 aliphatic carbocycles. The van der Waals surface area contributed by atoms with Crippen LogP contribution in [0.1, 0.15) is 50.0 Å². The number of hydrogen-bond acceptors (Lipinski definition) is 2. The molecule has 0 saturated carbocycles. The summed E-state index contributed by atoms with van der Waals surface area (Å²) in [7, 11) is 0. The quantitative estimate of drug-likeness (QED) is 0.612. The fourth-order valence-electron chi connectivity index (χ4n) is 4.05. The third kappa shape index (κ3) is 5.32. The average molecular weight is 393 g/mol. The average Bonchev–Trinajstić information content (AvgIpc) is 2.69. The lowest BCUT2D eigenvalue weighted by molar-refractivity contribution is -0.133. The third-order valence-corrected chi connectivity index (χ3v) is 5.74. The van der Waals surface area contributed by atoms with Gasteiger partial charge in [-0.2, -0.15) is 0 Å². The maximum atomic E-state index is 13.3. The summed E-state index contributed by atoms with van der Waals surface area (Å²) < 4.78 is 13.3. The Bertz CT molecular complexity index is 705. The second kappa shape index (κ2) is 9.36. The van der Waals surface area contributed by atoms with Crippen LogP contribution in [-0.4, -0.2) is 41.7 Å². The minimum Gasteiger partial charge on any atom is -0.350 e. The zero-order valence-corrected chi connectivity index (χ0v) is 16.2. The van der Waals surface area contributed by atoms with Crippen molar-refractivity contribution in [3.8, 4) is 0 Å². The Balaban J connectivity index is 1.70. The number of allylic oxidation sites excluding steroid dienone is 1. The summed E-state index contributed by atoms with van der Waals surface area (Å²) in [4.78, 5) is 26.5. The summed E-state index contributed by atoms with van der Waals surface area (Å²) in [5.41, 5.74) is 2.20. The topological polar surface area (TPSA) is 49.4 Å². The number of likely N-dealkylation sites (tertiary alicyclic amines) is 1. The molecule has 6 heteroatoms. The first kappa shape index (κ1) is 19.9. The highest BCUT2D eigenvalue weighted by atomic mass is 35.5. The summed E-state index contributed by atoms with van der Waals surface area (Å²) >= 11 is 5.66. The normalized spacial score (nSPS) is 22.9. The van der Waals surface area contributed by atoms with Gasteiger partial charge in [0.15, 0.2) is 0 Å². The summed E-state index contributed by atoms with van der Waals surface area (Å²) in [6.07, 6.45) is 7.81. The van der Waals surface area contributed by atoms with E-state index in [1.54, 1.807) is 12.1 Å². The van der Waals surface area contributed by atoms with Gasteiger partial charge in [0.05, 0.1) is 6.04 Å². The van der Waals surface area contributed by atoms with Crippen molar-refractivity contribution in [1.82, 2.24) is 10.2 Å². The van der Waals surface area contributed by atoms with E-state index in [4.69, 9.17) is 11.6 Å². The molecular weight excluding hydrogens is 367 g/mol. The molecule has 1 fully saturated rings. The number of benzene rings is 1. The highest BCUT2D eigenvalue weighted by molar-refractivity contribution is 6.27. The maximum absolute atomic E-state index is 13.3. The van der Waals surface area contributed by atoms with Gasteiger partial charge < -0.3 is 10.2 Å². The van der Waals surface area contributed by atoms with E-state index >= 15 is 0 Å². The molecule has 0 aromatic heterocycles. The fraction of sp³-hybridized carbons (Fsp3) is 0.524. The number of alkyl halides is 1. The van der Waals surface area contributed by atoms with E-state index in [0.29, 0.717) is 19.5 Å². The van der Waals surface area contributed by atoms with Crippen molar-refractivity contribution in [3.05, 3.63) is 47.3 Å². The van der Waals surface area contributed by atoms with E-state index in [9.17, 15) is 14.0 Å². The zero-order chi connectivity index (χ0) is 19.2. The standard InChI is InChI=1S/C21H26ClFN2O2/c22-13-20(26)24-19-14-25(21(27)12-15-4-2-1-3-5-15)11-10-18(19)16-6-8-17(23)9-7-16/h4,6-9,18-19H,1-3,5,10-14H2,(H,24,26)/t18-,19+/m0/s1. The van der Waals surface area contributed by atoms with Gasteiger partial charge in [-0.15, -0.1) is 11.6 Å². The van der Waals surface area contributed by atoms with Gasteiger partial charge in [-0.3, -0.25) is 9.59 Å². The van der Waals surface area contributed by atoms with Crippen LogP contribution in [0.2, 0.25) is 0 Å².